The van der Waals surface area contributed by atoms with Crippen molar-refractivity contribution in [3.63, 3.8) is 0 Å². The number of para-hydroxylation sites is 1. The number of anilines is 1. The first-order chi connectivity index (χ1) is 10.1. The Bertz CT molecular complexity index is 662. The van der Waals surface area contributed by atoms with E-state index in [1.54, 1.807) is 0 Å². The Morgan fingerprint density at radius 2 is 2.14 bits per heavy atom. The molecule has 1 atom stereocenters. The lowest BCUT2D eigenvalue weighted by Crippen LogP contribution is -2.23. The Hall–Kier alpha value is -2.56. The third-order valence-corrected chi connectivity index (χ3v) is 3.33. The van der Waals surface area contributed by atoms with Crippen molar-refractivity contribution in [1.29, 1.82) is 0 Å². The average molecular weight is 287 g/mol. The quantitative estimate of drug-likeness (QED) is 0.696. The highest BCUT2D eigenvalue weighted by Crippen LogP contribution is 2.28. The van der Waals surface area contributed by atoms with E-state index >= 15 is 0 Å². The van der Waals surface area contributed by atoms with E-state index in [1.165, 1.54) is 12.1 Å². The number of ether oxygens (including phenoxy) is 2. The summed E-state index contributed by atoms with van der Waals surface area (Å²) in [7, 11) is 0. The molecule has 21 heavy (non-hydrogen) atoms. The number of carbonyl (C=O) groups excluding carboxylic acids is 1. The molecule has 0 amide bonds. The topological polar surface area (TPSA) is 61.6 Å². The van der Waals surface area contributed by atoms with Gasteiger partial charge in [0.25, 0.3) is 0 Å². The lowest BCUT2D eigenvalue weighted by atomic mass is 10.1. The van der Waals surface area contributed by atoms with Gasteiger partial charge in [0.05, 0.1) is 5.56 Å². The fourth-order valence-electron chi connectivity index (χ4n) is 2.29. The van der Waals surface area contributed by atoms with E-state index in [0.717, 1.165) is 17.4 Å². The van der Waals surface area contributed by atoms with Crippen molar-refractivity contribution in [3.8, 4) is 5.75 Å². The molecule has 0 aromatic heterocycles. The van der Waals surface area contributed by atoms with Crippen LogP contribution in [-0.2, 0) is 11.2 Å². The molecule has 2 aromatic rings. The number of carbonyl (C=O) groups is 1. The fourth-order valence-corrected chi connectivity index (χ4v) is 2.29. The smallest absolute Gasteiger partial charge is 0.341 e. The number of benzene rings is 2. The van der Waals surface area contributed by atoms with Gasteiger partial charge in [0.2, 0.25) is 0 Å². The van der Waals surface area contributed by atoms with Crippen LogP contribution in [0, 0.1) is 5.82 Å². The minimum absolute atomic E-state index is 0.0807. The molecule has 0 spiro atoms. The number of nitrogens with two attached hydrogens (primary N) is 1. The molecule has 0 radical (unpaired) electrons. The van der Waals surface area contributed by atoms with Crippen molar-refractivity contribution in [2.24, 2.45) is 0 Å². The van der Waals surface area contributed by atoms with Gasteiger partial charge in [0.15, 0.2) is 0 Å². The lowest BCUT2D eigenvalue weighted by Gasteiger charge is -2.11. The Morgan fingerprint density at radius 1 is 1.33 bits per heavy atom. The van der Waals surface area contributed by atoms with Crippen LogP contribution in [0.3, 0.4) is 0 Å². The van der Waals surface area contributed by atoms with E-state index < -0.39 is 11.8 Å². The van der Waals surface area contributed by atoms with Gasteiger partial charge in [-0.1, -0.05) is 18.2 Å². The zero-order valence-corrected chi connectivity index (χ0v) is 11.2. The van der Waals surface area contributed by atoms with Crippen LogP contribution in [0.1, 0.15) is 15.9 Å². The maximum Gasteiger partial charge on any atom is 0.341 e. The number of hydrogen-bond donors (Lipinski definition) is 1. The SMILES string of the molecule is Nc1ccc(C(=O)OCC2Cc3ccccc3O2)c(F)c1. The van der Waals surface area contributed by atoms with Gasteiger partial charge in [0.1, 0.15) is 24.3 Å². The summed E-state index contributed by atoms with van der Waals surface area (Å²) < 4.78 is 24.4. The molecule has 0 bridgehead atoms. The van der Waals surface area contributed by atoms with Gasteiger partial charge >= 0.3 is 5.97 Å². The summed E-state index contributed by atoms with van der Waals surface area (Å²) in [6, 6.07) is 11.5. The van der Waals surface area contributed by atoms with Crippen LogP contribution in [0.15, 0.2) is 42.5 Å². The zero-order chi connectivity index (χ0) is 14.8. The van der Waals surface area contributed by atoms with Crippen LogP contribution in [0.5, 0.6) is 5.75 Å². The Labute approximate surface area is 121 Å². The van der Waals surface area contributed by atoms with Gasteiger partial charge in [-0.05, 0) is 29.8 Å². The largest absolute Gasteiger partial charge is 0.486 e. The number of fused-ring (bicyclic) bond motifs is 1. The predicted octanol–water partition coefficient (Wildman–Crippen LogP) is 2.57. The number of halogens is 1. The van der Waals surface area contributed by atoms with Gasteiger partial charge in [-0.15, -0.1) is 0 Å². The van der Waals surface area contributed by atoms with Crippen LogP contribution in [-0.4, -0.2) is 18.7 Å². The highest BCUT2D eigenvalue weighted by molar-refractivity contribution is 5.90. The summed E-state index contributed by atoms with van der Waals surface area (Å²) in [4.78, 5) is 11.8. The first-order valence-corrected chi connectivity index (χ1v) is 6.60. The molecule has 0 saturated heterocycles. The van der Waals surface area contributed by atoms with Gasteiger partial charge < -0.3 is 15.2 Å². The van der Waals surface area contributed by atoms with E-state index in [2.05, 4.69) is 0 Å². The van der Waals surface area contributed by atoms with Crippen molar-refractivity contribution in [2.45, 2.75) is 12.5 Å². The molecule has 1 aliphatic rings. The van der Waals surface area contributed by atoms with Crippen LogP contribution in [0.2, 0.25) is 0 Å². The Balaban J connectivity index is 1.60. The van der Waals surface area contributed by atoms with E-state index in [9.17, 15) is 9.18 Å². The summed E-state index contributed by atoms with van der Waals surface area (Å²) in [6.07, 6.45) is 0.441. The summed E-state index contributed by atoms with van der Waals surface area (Å²) >= 11 is 0. The average Bonchev–Trinajstić information content (AvgIpc) is 2.87. The third-order valence-electron chi connectivity index (χ3n) is 3.33. The molecule has 0 saturated carbocycles. The molecule has 0 fully saturated rings. The number of rotatable bonds is 3. The number of hydrogen-bond acceptors (Lipinski definition) is 4. The summed E-state index contributed by atoms with van der Waals surface area (Å²) in [5, 5.41) is 0. The molecule has 2 N–H and O–H groups in total. The fraction of sp³-hybridized carbons (Fsp3) is 0.188. The summed E-state index contributed by atoms with van der Waals surface area (Å²) in [5.74, 6) is -0.597. The van der Waals surface area contributed by atoms with Gasteiger partial charge in [-0.3, -0.25) is 0 Å². The van der Waals surface area contributed by atoms with Crippen LogP contribution in [0.25, 0.3) is 0 Å². The minimum Gasteiger partial charge on any atom is -0.486 e. The minimum atomic E-state index is -0.716. The predicted molar refractivity (Wildman–Crippen MR) is 75.7 cm³/mol. The van der Waals surface area contributed by atoms with Gasteiger partial charge in [-0.25, -0.2) is 9.18 Å². The standard InChI is InChI=1S/C16H14FNO3/c17-14-8-11(18)5-6-13(14)16(19)20-9-12-7-10-3-1-2-4-15(10)21-12/h1-6,8,12H,7,9,18H2. The highest BCUT2D eigenvalue weighted by atomic mass is 19.1. The molecule has 1 aliphatic heterocycles. The molecule has 4 nitrogen and oxygen atoms in total. The van der Waals surface area contributed by atoms with Crippen LogP contribution < -0.4 is 10.5 Å². The number of esters is 1. The van der Waals surface area contributed by atoms with E-state index in [4.69, 9.17) is 15.2 Å². The molecule has 2 aromatic carbocycles. The number of nitrogen functional groups attached to an aromatic ring is 1. The summed E-state index contributed by atoms with van der Waals surface area (Å²) in [5.41, 5.74) is 6.66. The second kappa shape index (κ2) is 5.44. The van der Waals surface area contributed by atoms with Gasteiger partial charge in [0, 0.05) is 12.1 Å². The maximum atomic E-state index is 13.6. The third kappa shape index (κ3) is 2.81. The molecule has 3 rings (SSSR count). The summed E-state index contributed by atoms with van der Waals surface area (Å²) in [6.45, 7) is 0.0807. The Morgan fingerprint density at radius 3 is 2.90 bits per heavy atom. The molecule has 0 aliphatic carbocycles. The maximum absolute atomic E-state index is 13.6. The van der Waals surface area contributed by atoms with E-state index in [0.29, 0.717) is 6.42 Å². The zero-order valence-electron chi connectivity index (χ0n) is 11.2. The molecule has 1 unspecified atom stereocenters. The van der Waals surface area contributed by atoms with Crippen molar-refractivity contribution in [1.82, 2.24) is 0 Å². The second-order valence-electron chi connectivity index (χ2n) is 4.89. The Kier molecular flexibility index (Phi) is 3.48. The lowest BCUT2D eigenvalue weighted by molar-refractivity contribution is 0.0342. The molecule has 5 heteroatoms. The first kappa shape index (κ1) is 13.4. The molecule has 1 heterocycles. The molecular weight excluding hydrogens is 273 g/mol. The van der Waals surface area contributed by atoms with Crippen molar-refractivity contribution in [3.05, 3.63) is 59.4 Å². The van der Waals surface area contributed by atoms with E-state index in [1.807, 2.05) is 24.3 Å². The van der Waals surface area contributed by atoms with Crippen molar-refractivity contribution in [2.75, 3.05) is 12.3 Å². The van der Waals surface area contributed by atoms with Crippen molar-refractivity contribution < 1.29 is 18.7 Å². The van der Waals surface area contributed by atoms with E-state index in [-0.39, 0.29) is 24.0 Å². The van der Waals surface area contributed by atoms with Crippen LogP contribution >= 0.6 is 0 Å². The van der Waals surface area contributed by atoms with Gasteiger partial charge in [-0.2, -0.15) is 0 Å². The molecule has 108 valence electrons. The van der Waals surface area contributed by atoms with Crippen molar-refractivity contribution >= 4 is 11.7 Å². The highest BCUT2D eigenvalue weighted by Gasteiger charge is 2.24. The van der Waals surface area contributed by atoms with Crippen LogP contribution in [0.4, 0.5) is 10.1 Å². The second-order valence-corrected chi connectivity index (χ2v) is 4.89. The molecular formula is C16H14FNO3. The monoisotopic (exact) mass is 287 g/mol. The first-order valence-electron chi connectivity index (χ1n) is 6.60. The normalized spacial score (nSPS) is 16.1.